The molecular formula is C15H14N2O2. The van der Waals surface area contributed by atoms with E-state index < -0.39 is 0 Å². The van der Waals surface area contributed by atoms with Crippen molar-refractivity contribution in [3.8, 4) is 5.75 Å². The number of nitrogens with zero attached hydrogens (tertiary/aromatic N) is 1. The lowest BCUT2D eigenvalue weighted by Gasteiger charge is -2.26. The first-order valence-corrected chi connectivity index (χ1v) is 6.28. The van der Waals surface area contributed by atoms with E-state index in [4.69, 9.17) is 4.74 Å². The lowest BCUT2D eigenvalue weighted by molar-refractivity contribution is 0.0919. The molecule has 0 saturated heterocycles. The number of amides is 1. The smallest absolute Gasteiger partial charge is 0.270 e. The molecule has 4 nitrogen and oxygen atoms in total. The third-order valence-electron chi connectivity index (χ3n) is 3.16. The zero-order valence-electron chi connectivity index (χ0n) is 10.4. The zero-order chi connectivity index (χ0) is 13.1. The number of hydrogen-bond donors (Lipinski definition) is 1. The first-order valence-electron chi connectivity index (χ1n) is 6.28. The Kier molecular flexibility index (Phi) is 3.14. The molecular weight excluding hydrogens is 240 g/mol. The van der Waals surface area contributed by atoms with Crippen LogP contribution >= 0.6 is 0 Å². The number of para-hydroxylation sites is 1. The van der Waals surface area contributed by atoms with Gasteiger partial charge in [0.25, 0.3) is 5.91 Å². The molecule has 0 radical (unpaired) electrons. The van der Waals surface area contributed by atoms with Gasteiger partial charge in [-0.2, -0.15) is 0 Å². The Morgan fingerprint density at radius 3 is 2.89 bits per heavy atom. The minimum atomic E-state index is -0.151. The second-order valence-electron chi connectivity index (χ2n) is 4.42. The fourth-order valence-electron chi connectivity index (χ4n) is 2.22. The minimum Gasteiger partial charge on any atom is -0.493 e. The van der Waals surface area contributed by atoms with Crippen molar-refractivity contribution < 1.29 is 9.53 Å². The van der Waals surface area contributed by atoms with Crippen LogP contribution < -0.4 is 10.1 Å². The Hall–Kier alpha value is -2.36. The van der Waals surface area contributed by atoms with Crippen LogP contribution in [0, 0.1) is 0 Å². The van der Waals surface area contributed by atoms with Gasteiger partial charge in [0.2, 0.25) is 0 Å². The topological polar surface area (TPSA) is 51.2 Å². The number of rotatable bonds is 2. The quantitative estimate of drug-likeness (QED) is 0.895. The van der Waals surface area contributed by atoms with Crippen LogP contribution in [0.25, 0.3) is 0 Å². The van der Waals surface area contributed by atoms with Crippen LogP contribution in [-0.4, -0.2) is 17.5 Å². The Balaban J connectivity index is 1.80. The van der Waals surface area contributed by atoms with Crippen LogP contribution in [0.2, 0.25) is 0 Å². The third kappa shape index (κ3) is 2.42. The summed E-state index contributed by atoms with van der Waals surface area (Å²) in [6.07, 6.45) is 2.39. The van der Waals surface area contributed by atoms with Crippen molar-refractivity contribution in [3.63, 3.8) is 0 Å². The lowest BCUT2D eigenvalue weighted by atomic mass is 10.0. The summed E-state index contributed by atoms with van der Waals surface area (Å²) >= 11 is 0. The molecule has 1 amide bonds. The lowest BCUT2D eigenvalue weighted by Crippen LogP contribution is -2.32. The fraction of sp³-hybridized carbons (Fsp3) is 0.200. The van der Waals surface area contributed by atoms with Crippen molar-refractivity contribution in [2.45, 2.75) is 12.5 Å². The van der Waals surface area contributed by atoms with E-state index in [1.165, 1.54) is 0 Å². The van der Waals surface area contributed by atoms with Crippen LogP contribution in [0.5, 0.6) is 5.75 Å². The number of benzene rings is 1. The summed E-state index contributed by atoms with van der Waals surface area (Å²) in [5.74, 6) is 0.697. The van der Waals surface area contributed by atoms with Gasteiger partial charge >= 0.3 is 0 Å². The average molecular weight is 254 g/mol. The van der Waals surface area contributed by atoms with E-state index in [1.54, 1.807) is 24.4 Å². The molecule has 96 valence electrons. The number of aromatic nitrogens is 1. The van der Waals surface area contributed by atoms with Crippen LogP contribution in [0.1, 0.15) is 28.5 Å². The second-order valence-corrected chi connectivity index (χ2v) is 4.42. The van der Waals surface area contributed by atoms with Gasteiger partial charge in [0.15, 0.2) is 0 Å². The molecule has 1 aromatic carbocycles. The van der Waals surface area contributed by atoms with Crippen molar-refractivity contribution in [3.05, 3.63) is 59.9 Å². The van der Waals surface area contributed by atoms with Crippen LogP contribution in [-0.2, 0) is 0 Å². The number of hydrogen-bond acceptors (Lipinski definition) is 3. The SMILES string of the molecule is O=C(N[C@@H]1CCOc2ccccc21)c1ccccn1. The highest BCUT2D eigenvalue weighted by molar-refractivity contribution is 5.92. The highest BCUT2D eigenvalue weighted by atomic mass is 16.5. The Labute approximate surface area is 111 Å². The zero-order valence-corrected chi connectivity index (χ0v) is 10.4. The highest BCUT2D eigenvalue weighted by Gasteiger charge is 2.23. The van der Waals surface area contributed by atoms with Gasteiger partial charge in [0, 0.05) is 18.2 Å². The molecule has 0 spiro atoms. The summed E-state index contributed by atoms with van der Waals surface area (Å²) in [6.45, 7) is 0.615. The summed E-state index contributed by atoms with van der Waals surface area (Å²) in [6, 6.07) is 13.1. The van der Waals surface area contributed by atoms with E-state index in [9.17, 15) is 4.79 Å². The first-order chi connectivity index (χ1) is 9.34. The summed E-state index contributed by atoms with van der Waals surface area (Å²) in [5, 5.41) is 3.01. The maximum Gasteiger partial charge on any atom is 0.270 e. The van der Waals surface area contributed by atoms with Gasteiger partial charge in [0.05, 0.1) is 12.6 Å². The Morgan fingerprint density at radius 2 is 2.05 bits per heavy atom. The molecule has 3 rings (SSSR count). The van der Waals surface area contributed by atoms with E-state index in [0.717, 1.165) is 17.7 Å². The fourth-order valence-corrected chi connectivity index (χ4v) is 2.22. The number of carbonyl (C=O) groups is 1. The summed E-state index contributed by atoms with van der Waals surface area (Å²) in [4.78, 5) is 16.2. The predicted octanol–water partition coefficient (Wildman–Crippen LogP) is 2.34. The van der Waals surface area contributed by atoms with Gasteiger partial charge in [-0.1, -0.05) is 24.3 Å². The molecule has 0 saturated carbocycles. The van der Waals surface area contributed by atoms with E-state index >= 15 is 0 Å². The van der Waals surface area contributed by atoms with Crippen molar-refractivity contribution in [2.24, 2.45) is 0 Å². The largest absolute Gasteiger partial charge is 0.493 e. The van der Waals surface area contributed by atoms with Gasteiger partial charge in [-0.25, -0.2) is 0 Å². The highest BCUT2D eigenvalue weighted by Crippen LogP contribution is 2.31. The maximum atomic E-state index is 12.1. The molecule has 0 bridgehead atoms. The van der Waals surface area contributed by atoms with E-state index in [0.29, 0.717) is 12.3 Å². The van der Waals surface area contributed by atoms with Gasteiger partial charge in [-0.05, 0) is 18.2 Å². The molecule has 4 heteroatoms. The summed E-state index contributed by atoms with van der Waals surface area (Å²) < 4.78 is 5.57. The van der Waals surface area contributed by atoms with E-state index in [1.807, 2.05) is 24.3 Å². The molecule has 1 aliphatic heterocycles. The standard InChI is InChI=1S/C15H14N2O2/c18-15(13-6-3-4-9-16-13)17-12-8-10-19-14-7-2-1-5-11(12)14/h1-7,9,12H,8,10H2,(H,17,18)/t12-/m1/s1. The molecule has 2 aromatic rings. The second kappa shape index (κ2) is 5.10. The molecule has 0 aliphatic carbocycles. The monoisotopic (exact) mass is 254 g/mol. The number of nitrogens with one attached hydrogen (secondary N) is 1. The molecule has 1 atom stereocenters. The number of pyridine rings is 1. The number of carbonyl (C=O) groups excluding carboxylic acids is 1. The van der Waals surface area contributed by atoms with Crippen LogP contribution in [0.15, 0.2) is 48.7 Å². The molecule has 0 fully saturated rings. The van der Waals surface area contributed by atoms with Gasteiger partial charge in [-0.15, -0.1) is 0 Å². The minimum absolute atomic E-state index is 0.0144. The average Bonchev–Trinajstić information content (AvgIpc) is 2.48. The molecule has 0 unspecified atom stereocenters. The number of ether oxygens (including phenoxy) is 1. The van der Waals surface area contributed by atoms with Gasteiger partial charge in [0.1, 0.15) is 11.4 Å². The molecule has 1 aliphatic rings. The van der Waals surface area contributed by atoms with Crippen molar-refractivity contribution in [1.29, 1.82) is 0 Å². The summed E-state index contributed by atoms with van der Waals surface area (Å²) in [5.41, 5.74) is 1.46. The molecule has 2 heterocycles. The maximum absolute atomic E-state index is 12.1. The molecule has 1 aromatic heterocycles. The normalized spacial score (nSPS) is 17.2. The van der Waals surface area contributed by atoms with Crippen molar-refractivity contribution in [1.82, 2.24) is 10.3 Å². The van der Waals surface area contributed by atoms with Crippen LogP contribution in [0.3, 0.4) is 0 Å². The van der Waals surface area contributed by atoms with Gasteiger partial charge in [-0.3, -0.25) is 9.78 Å². The third-order valence-corrected chi connectivity index (χ3v) is 3.16. The van der Waals surface area contributed by atoms with Crippen LogP contribution in [0.4, 0.5) is 0 Å². The van der Waals surface area contributed by atoms with E-state index in [-0.39, 0.29) is 11.9 Å². The summed E-state index contributed by atoms with van der Waals surface area (Å²) in [7, 11) is 0. The van der Waals surface area contributed by atoms with Crippen molar-refractivity contribution >= 4 is 5.91 Å². The molecule has 19 heavy (non-hydrogen) atoms. The van der Waals surface area contributed by atoms with Gasteiger partial charge < -0.3 is 10.1 Å². The Morgan fingerprint density at radius 1 is 1.21 bits per heavy atom. The van der Waals surface area contributed by atoms with E-state index in [2.05, 4.69) is 10.3 Å². The predicted molar refractivity (Wildman–Crippen MR) is 71.0 cm³/mol. The number of fused-ring (bicyclic) bond motifs is 1. The Bertz CT molecular complexity index is 584. The first kappa shape index (κ1) is 11.7. The molecule has 1 N–H and O–H groups in total. The van der Waals surface area contributed by atoms with Crippen molar-refractivity contribution in [2.75, 3.05) is 6.61 Å².